The molecule has 0 aliphatic heterocycles. The number of carbonyl (C=O) groups excluding carboxylic acids is 1. The van der Waals surface area contributed by atoms with E-state index in [0.717, 1.165) is 0 Å². The minimum absolute atomic E-state index is 0.131. The van der Waals surface area contributed by atoms with Gasteiger partial charge in [-0.25, -0.2) is 4.79 Å². The monoisotopic (exact) mass is 228 g/mol. The van der Waals surface area contributed by atoms with Crippen LogP contribution < -0.4 is 11.1 Å². The number of carbonyl (C=O) groups is 2. The quantitative estimate of drug-likeness (QED) is 0.610. The van der Waals surface area contributed by atoms with Gasteiger partial charge in [0.15, 0.2) is 0 Å². The van der Waals surface area contributed by atoms with Crippen LogP contribution in [0, 0.1) is 0 Å². The molecule has 0 unspecified atom stereocenters. The molecule has 88 valence electrons. The predicted molar refractivity (Wildman–Crippen MR) is 43.9 cm³/mol. The fourth-order valence-electron chi connectivity index (χ4n) is 0.819. The van der Waals surface area contributed by atoms with Gasteiger partial charge in [0, 0.05) is 0 Å². The van der Waals surface area contributed by atoms with Crippen molar-refractivity contribution < 1.29 is 27.9 Å². The molecule has 0 spiro atoms. The SMILES string of the molecule is NCCC[C@@H](NC(=O)C(F)(F)F)C(=O)O. The largest absolute Gasteiger partial charge is 0.480 e. The number of carboxylic acids is 1. The molecular weight excluding hydrogens is 217 g/mol. The van der Waals surface area contributed by atoms with E-state index in [0.29, 0.717) is 0 Å². The third-order valence-corrected chi connectivity index (χ3v) is 1.56. The molecule has 15 heavy (non-hydrogen) atoms. The van der Waals surface area contributed by atoms with Crippen molar-refractivity contribution in [1.82, 2.24) is 5.32 Å². The molecule has 8 heteroatoms. The lowest BCUT2D eigenvalue weighted by Crippen LogP contribution is -2.46. The number of amides is 1. The summed E-state index contributed by atoms with van der Waals surface area (Å²) in [6.07, 6.45) is -4.99. The number of hydrogen-bond donors (Lipinski definition) is 3. The highest BCUT2D eigenvalue weighted by molar-refractivity contribution is 5.86. The maximum absolute atomic E-state index is 11.8. The van der Waals surface area contributed by atoms with Gasteiger partial charge in [-0.3, -0.25) is 4.79 Å². The molecule has 0 aromatic rings. The van der Waals surface area contributed by atoms with E-state index in [-0.39, 0.29) is 19.4 Å². The maximum atomic E-state index is 11.8. The predicted octanol–water partition coefficient (Wildman–Crippen LogP) is -0.143. The lowest BCUT2D eigenvalue weighted by molar-refractivity contribution is -0.175. The molecule has 1 atom stereocenters. The molecule has 0 fully saturated rings. The van der Waals surface area contributed by atoms with Crippen molar-refractivity contribution in [2.75, 3.05) is 6.54 Å². The first kappa shape index (κ1) is 13.7. The molecule has 0 aromatic heterocycles. The van der Waals surface area contributed by atoms with Gasteiger partial charge >= 0.3 is 18.1 Å². The van der Waals surface area contributed by atoms with Gasteiger partial charge in [-0.15, -0.1) is 0 Å². The highest BCUT2D eigenvalue weighted by atomic mass is 19.4. The Morgan fingerprint density at radius 2 is 1.93 bits per heavy atom. The first-order valence-electron chi connectivity index (χ1n) is 4.09. The molecule has 0 rings (SSSR count). The zero-order valence-corrected chi connectivity index (χ0v) is 7.67. The second kappa shape index (κ2) is 5.54. The highest BCUT2D eigenvalue weighted by Crippen LogP contribution is 2.15. The molecule has 0 bridgehead atoms. The average Bonchev–Trinajstić information content (AvgIpc) is 2.09. The lowest BCUT2D eigenvalue weighted by atomic mass is 10.1. The van der Waals surface area contributed by atoms with Crippen LogP contribution in [0.3, 0.4) is 0 Å². The molecule has 0 saturated heterocycles. The average molecular weight is 228 g/mol. The molecular formula is C7H11F3N2O3. The van der Waals surface area contributed by atoms with E-state index in [1.807, 2.05) is 0 Å². The third-order valence-electron chi connectivity index (χ3n) is 1.56. The van der Waals surface area contributed by atoms with Crippen molar-refractivity contribution in [2.45, 2.75) is 25.1 Å². The first-order chi connectivity index (χ1) is 6.79. The number of hydrogen-bond acceptors (Lipinski definition) is 3. The lowest BCUT2D eigenvalue weighted by Gasteiger charge is -2.14. The number of nitrogens with one attached hydrogen (secondary N) is 1. The van der Waals surface area contributed by atoms with Crippen LogP contribution in [-0.2, 0) is 9.59 Å². The van der Waals surface area contributed by atoms with E-state index in [2.05, 4.69) is 0 Å². The third kappa shape index (κ3) is 5.21. The fourth-order valence-corrected chi connectivity index (χ4v) is 0.819. The summed E-state index contributed by atoms with van der Waals surface area (Å²) in [5.74, 6) is -3.77. The summed E-state index contributed by atoms with van der Waals surface area (Å²) in [4.78, 5) is 20.9. The van der Waals surface area contributed by atoms with Crippen molar-refractivity contribution in [3.05, 3.63) is 0 Å². The van der Waals surface area contributed by atoms with E-state index in [4.69, 9.17) is 10.8 Å². The molecule has 0 saturated carbocycles. The van der Waals surface area contributed by atoms with Crippen molar-refractivity contribution in [2.24, 2.45) is 5.73 Å². The van der Waals surface area contributed by atoms with Crippen LogP contribution >= 0.6 is 0 Å². The molecule has 0 aliphatic rings. The Kier molecular flexibility index (Phi) is 5.06. The summed E-state index contributed by atoms with van der Waals surface area (Å²) < 4.78 is 35.3. The molecule has 4 N–H and O–H groups in total. The molecule has 0 aromatic carbocycles. The smallest absolute Gasteiger partial charge is 0.471 e. The van der Waals surface area contributed by atoms with E-state index in [1.165, 1.54) is 5.32 Å². The minimum atomic E-state index is -5.07. The normalized spacial score (nSPS) is 13.3. The standard InChI is InChI=1S/C7H11F3N2O3/c8-7(9,10)6(15)12-4(5(13)14)2-1-3-11/h4H,1-3,11H2,(H,12,15)(H,13,14)/t4-/m1/s1. The Labute approximate surface area is 83.4 Å². The molecule has 5 nitrogen and oxygen atoms in total. The van der Waals surface area contributed by atoms with Crippen molar-refractivity contribution in [3.63, 3.8) is 0 Å². The van der Waals surface area contributed by atoms with E-state index in [9.17, 15) is 22.8 Å². The second-order valence-corrected chi connectivity index (χ2v) is 2.79. The summed E-state index contributed by atoms with van der Waals surface area (Å²) in [5, 5.41) is 9.86. The van der Waals surface area contributed by atoms with Crippen molar-refractivity contribution >= 4 is 11.9 Å². The van der Waals surface area contributed by atoms with Crippen molar-refractivity contribution in [1.29, 1.82) is 0 Å². The van der Waals surface area contributed by atoms with Gasteiger partial charge in [-0.05, 0) is 19.4 Å². The topological polar surface area (TPSA) is 92.4 Å². The van der Waals surface area contributed by atoms with Gasteiger partial charge in [0.05, 0.1) is 0 Å². The Hall–Kier alpha value is -1.31. The van der Waals surface area contributed by atoms with Crippen LogP contribution in [-0.4, -0.2) is 35.7 Å². The Morgan fingerprint density at radius 3 is 2.27 bits per heavy atom. The Morgan fingerprint density at radius 1 is 1.40 bits per heavy atom. The van der Waals surface area contributed by atoms with Gasteiger partial charge in [-0.2, -0.15) is 13.2 Å². The summed E-state index contributed by atoms with van der Waals surface area (Å²) in [5.41, 5.74) is 5.07. The van der Waals surface area contributed by atoms with Gasteiger partial charge in [-0.1, -0.05) is 0 Å². The zero-order valence-electron chi connectivity index (χ0n) is 7.67. The first-order valence-corrected chi connectivity index (χ1v) is 4.09. The van der Waals surface area contributed by atoms with Gasteiger partial charge in [0.1, 0.15) is 6.04 Å². The Bertz CT molecular complexity index is 242. The molecule has 1 amide bonds. The molecule has 0 aliphatic carbocycles. The number of halogens is 3. The van der Waals surface area contributed by atoms with E-state index >= 15 is 0 Å². The van der Waals surface area contributed by atoms with Gasteiger partial charge in [0.2, 0.25) is 0 Å². The number of nitrogens with two attached hydrogens (primary N) is 1. The summed E-state index contributed by atoms with van der Waals surface area (Å²) in [6.45, 7) is 0.145. The molecule has 0 radical (unpaired) electrons. The van der Waals surface area contributed by atoms with Crippen LogP contribution in [0.5, 0.6) is 0 Å². The number of aliphatic carboxylic acids is 1. The number of rotatable bonds is 5. The Balaban J connectivity index is 4.29. The van der Waals surface area contributed by atoms with Crippen LogP contribution in [0.2, 0.25) is 0 Å². The minimum Gasteiger partial charge on any atom is -0.480 e. The maximum Gasteiger partial charge on any atom is 0.471 e. The van der Waals surface area contributed by atoms with Crippen LogP contribution in [0.25, 0.3) is 0 Å². The molecule has 0 heterocycles. The summed E-state index contributed by atoms with van der Waals surface area (Å²) in [6, 6.07) is -1.55. The zero-order chi connectivity index (χ0) is 12.1. The summed E-state index contributed by atoms with van der Waals surface area (Å²) >= 11 is 0. The highest BCUT2D eigenvalue weighted by Gasteiger charge is 2.40. The van der Waals surface area contributed by atoms with Gasteiger partial charge in [0.25, 0.3) is 0 Å². The van der Waals surface area contributed by atoms with E-state index in [1.54, 1.807) is 0 Å². The van der Waals surface area contributed by atoms with Crippen LogP contribution in [0.15, 0.2) is 0 Å². The van der Waals surface area contributed by atoms with Crippen LogP contribution in [0.1, 0.15) is 12.8 Å². The summed E-state index contributed by atoms with van der Waals surface area (Å²) in [7, 11) is 0. The van der Waals surface area contributed by atoms with Gasteiger partial charge < -0.3 is 16.2 Å². The fraction of sp³-hybridized carbons (Fsp3) is 0.714. The van der Waals surface area contributed by atoms with E-state index < -0.39 is 24.1 Å². The van der Waals surface area contributed by atoms with Crippen molar-refractivity contribution in [3.8, 4) is 0 Å². The second-order valence-electron chi connectivity index (χ2n) is 2.79. The number of alkyl halides is 3. The number of carboxylic acid groups (broad SMARTS) is 1. The van der Waals surface area contributed by atoms with Crippen LogP contribution in [0.4, 0.5) is 13.2 Å².